The van der Waals surface area contributed by atoms with Crippen molar-refractivity contribution in [1.82, 2.24) is 0 Å². The first-order valence-electron chi connectivity index (χ1n) is 0.765. The minimum Gasteiger partial charge on any atom is -0.756 e. The van der Waals surface area contributed by atoms with Gasteiger partial charge in [0.15, 0.2) is 0 Å². The van der Waals surface area contributed by atoms with Crippen LogP contribution in [0.2, 0.25) is 0 Å². The molecule has 0 saturated carbocycles. The molecule has 2 N–H and O–H groups in total. The normalized spacial score (nSPS) is 8.43. The fourth-order valence-corrected chi connectivity index (χ4v) is 0. The van der Waals surface area contributed by atoms with Crippen molar-refractivity contribution >= 4 is 17.7 Å². The Hall–Kier alpha value is 1.14. The molecule has 0 heterocycles. The maximum atomic E-state index is 8.77. The first-order chi connectivity index (χ1) is 2.00. The smallest absolute Gasteiger partial charge is 0.756 e. The number of hydrogen-bond acceptors (Lipinski definition) is 2. The molecule has 0 aliphatic rings. The Kier molecular flexibility index (Phi) is 11.8. The van der Waals surface area contributed by atoms with Crippen molar-refractivity contribution in [3.8, 4) is 0 Å². The zero-order valence-electron chi connectivity index (χ0n) is 3.87. The summed E-state index contributed by atoms with van der Waals surface area (Å²) >= 11 is 0. The fraction of sp³-hybridized carbons (Fsp3) is 0. The fourth-order valence-electron chi connectivity index (χ4n) is 0. The molecule has 7 heavy (non-hydrogen) atoms. The molecule has 4 nitrogen and oxygen atoms in total. The van der Waals surface area contributed by atoms with Crippen LogP contribution in [-0.4, -0.2) is 9.79 Å². The minimum atomic E-state index is -4.89. The van der Waals surface area contributed by atoms with E-state index in [9.17, 15) is 0 Å². The number of phosphoric acid groups is 1. The number of hydrogen-bond donors (Lipinski definition) is 2. The van der Waals surface area contributed by atoms with Gasteiger partial charge in [-0.2, -0.15) is 9.90 Å². The molecule has 0 spiro atoms. The largest absolute Gasteiger partial charge is 1.00 e. The van der Waals surface area contributed by atoms with Crippen LogP contribution < -0.4 is 23.8 Å². The average molecular weight is 138 g/mol. The summed E-state index contributed by atoms with van der Waals surface area (Å²) in [6, 6.07) is 0. The molecular formula is H5LiO4P2. The predicted molar refractivity (Wildman–Crippen MR) is 23.1 cm³/mol. The van der Waals surface area contributed by atoms with Crippen LogP contribution in [0.25, 0.3) is 0 Å². The van der Waals surface area contributed by atoms with E-state index < -0.39 is 7.82 Å². The van der Waals surface area contributed by atoms with Crippen molar-refractivity contribution in [2.45, 2.75) is 0 Å². The minimum absolute atomic E-state index is 0. The molecule has 0 fully saturated rings. The van der Waals surface area contributed by atoms with Gasteiger partial charge in [0.2, 0.25) is 0 Å². The molecule has 1 unspecified atom stereocenters. The van der Waals surface area contributed by atoms with Crippen molar-refractivity contribution in [2.24, 2.45) is 0 Å². The summed E-state index contributed by atoms with van der Waals surface area (Å²) in [4.78, 5) is 22.9. The maximum absolute atomic E-state index is 8.77. The van der Waals surface area contributed by atoms with Gasteiger partial charge in [-0.25, -0.2) is 0 Å². The van der Waals surface area contributed by atoms with E-state index in [1.54, 1.807) is 0 Å². The van der Waals surface area contributed by atoms with Crippen LogP contribution in [0.5, 0.6) is 0 Å². The van der Waals surface area contributed by atoms with Crippen LogP contribution in [0.15, 0.2) is 0 Å². The summed E-state index contributed by atoms with van der Waals surface area (Å²) in [5, 5.41) is 0. The average Bonchev–Trinajstić information content (AvgIpc) is 0.722. The van der Waals surface area contributed by atoms with Crippen molar-refractivity contribution < 1.29 is 38.1 Å². The number of rotatable bonds is 0. The quantitative estimate of drug-likeness (QED) is 0.261. The summed E-state index contributed by atoms with van der Waals surface area (Å²) < 4.78 is 8.77. The molecule has 0 bridgehead atoms. The Morgan fingerprint density at radius 3 is 1.43 bits per heavy atom. The summed E-state index contributed by atoms with van der Waals surface area (Å²) in [5.74, 6) is 0. The Labute approximate surface area is 56.4 Å². The second kappa shape index (κ2) is 5.28. The monoisotopic (exact) mass is 138 g/mol. The third-order valence-electron chi connectivity index (χ3n) is 0. The molecule has 0 aromatic rings. The molecule has 7 heteroatoms. The molecule has 1 atom stereocenters. The SMILES string of the molecule is O=P([O-])(O)O.P.[Li+]. The van der Waals surface area contributed by atoms with Crippen LogP contribution in [-0.2, 0) is 4.57 Å². The van der Waals surface area contributed by atoms with Gasteiger partial charge < -0.3 is 14.7 Å². The molecule has 0 aromatic heterocycles. The third-order valence-corrected chi connectivity index (χ3v) is 0. The summed E-state index contributed by atoms with van der Waals surface area (Å²) in [6.07, 6.45) is 0. The molecule has 0 rings (SSSR count). The van der Waals surface area contributed by atoms with Gasteiger partial charge in [-0.05, 0) is 0 Å². The Morgan fingerprint density at radius 1 is 1.43 bits per heavy atom. The van der Waals surface area contributed by atoms with E-state index >= 15 is 0 Å². The van der Waals surface area contributed by atoms with Gasteiger partial charge in [-0.1, -0.05) is 0 Å². The van der Waals surface area contributed by atoms with E-state index in [0.717, 1.165) is 0 Å². The van der Waals surface area contributed by atoms with E-state index in [-0.39, 0.29) is 28.8 Å². The van der Waals surface area contributed by atoms with Crippen LogP contribution in [0.4, 0.5) is 0 Å². The van der Waals surface area contributed by atoms with Gasteiger partial charge in [-0.15, -0.1) is 0 Å². The molecular weight excluding hydrogens is 133 g/mol. The first-order valence-corrected chi connectivity index (χ1v) is 2.30. The van der Waals surface area contributed by atoms with Crippen molar-refractivity contribution in [3.63, 3.8) is 0 Å². The zero-order valence-corrected chi connectivity index (χ0v) is 6.17. The zero-order chi connectivity index (χ0) is 4.50. The molecule has 0 radical (unpaired) electrons. The van der Waals surface area contributed by atoms with Gasteiger partial charge in [0.05, 0.1) is 0 Å². The van der Waals surface area contributed by atoms with Crippen molar-refractivity contribution in [1.29, 1.82) is 0 Å². The van der Waals surface area contributed by atoms with E-state index in [0.29, 0.717) is 0 Å². The summed E-state index contributed by atoms with van der Waals surface area (Å²) in [7, 11) is -4.89. The van der Waals surface area contributed by atoms with Crippen LogP contribution in [0.3, 0.4) is 0 Å². The molecule has 0 amide bonds. The van der Waals surface area contributed by atoms with Crippen LogP contribution in [0.1, 0.15) is 0 Å². The second-order valence-electron chi connectivity index (χ2n) is 0.491. The van der Waals surface area contributed by atoms with Crippen LogP contribution >= 0.6 is 17.7 Å². The molecule has 0 aromatic carbocycles. The van der Waals surface area contributed by atoms with E-state index in [4.69, 9.17) is 19.2 Å². The van der Waals surface area contributed by atoms with Gasteiger partial charge in [0.25, 0.3) is 7.82 Å². The molecule has 40 valence electrons. The summed E-state index contributed by atoms with van der Waals surface area (Å²) in [6.45, 7) is 0. The third kappa shape index (κ3) is 146. The predicted octanol–water partition coefficient (Wildman–Crippen LogP) is -4.50. The van der Waals surface area contributed by atoms with Crippen LogP contribution in [0, 0.1) is 0 Å². The van der Waals surface area contributed by atoms with Gasteiger partial charge in [-0.3, -0.25) is 4.57 Å². The standard InChI is InChI=1S/Li.H3O4P.H3P/c;1-5(2,3)4;/h;(H3,1,2,3,4);1H3/q+1;;/p-1. The molecule has 0 aliphatic heterocycles. The Balaban J connectivity index is -0.0000000800. The maximum Gasteiger partial charge on any atom is 1.00 e. The Morgan fingerprint density at radius 2 is 1.43 bits per heavy atom. The second-order valence-corrected chi connectivity index (χ2v) is 1.47. The van der Waals surface area contributed by atoms with Gasteiger partial charge in [0, 0.05) is 0 Å². The van der Waals surface area contributed by atoms with E-state index in [2.05, 4.69) is 0 Å². The Bertz CT molecular complexity index is 55.8. The van der Waals surface area contributed by atoms with Gasteiger partial charge in [0.1, 0.15) is 0 Å². The molecule has 0 saturated heterocycles. The first kappa shape index (κ1) is 15.7. The van der Waals surface area contributed by atoms with Gasteiger partial charge >= 0.3 is 18.9 Å². The van der Waals surface area contributed by atoms with Crippen molar-refractivity contribution in [2.75, 3.05) is 0 Å². The van der Waals surface area contributed by atoms with Crippen molar-refractivity contribution in [3.05, 3.63) is 0 Å². The summed E-state index contributed by atoms with van der Waals surface area (Å²) in [5.41, 5.74) is 0. The van der Waals surface area contributed by atoms with E-state index in [1.165, 1.54) is 0 Å². The molecule has 0 aliphatic carbocycles. The van der Waals surface area contributed by atoms with E-state index in [1.807, 2.05) is 0 Å². The topological polar surface area (TPSA) is 80.6 Å².